The van der Waals surface area contributed by atoms with E-state index in [1.54, 1.807) is 0 Å². The van der Waals surface area contributed by atoms with Gasteiger partial charge in [0, 0.05) is 15.5 Å². The van der Waals surface area contributed by atoms with Gasteiger partial charge >= 0.3 is 0 Å². The molecule has 4 heteroatoms. The fourth-order valence-electron chi connectivity index (χ4n) is 1.89. The summed E-state index contributed by atoms with van der Waals surface area (Å²) in [5, 5.41) is 0.762. The predicted molar refractivity (Wildman–Crippen MR) is 78.0 cm³/mol. The third kappa shape index (κ3) is 4.96. The van der Waals surface area contributed by atoms with Crippen LogP contribution in [-0.2, 0) is 0 Å². The van der Waals surface area contributed by atoms with Gasteiger partial charge in [0.25, 0.3) is 0 Å². The molecule has 0 amide bonds. The number of nitrogens with one attached hydrogen (secondary N) is 1. The van der Waals surface area contributed by atoms with Gasteiger partial charge in [-0.15, -0.1) is 0 Å². The fourth-order valence-corrected chi connectivity index (χ4v) is 2.69. The summed E-state index contributed by atoms with van der Waals surface area (Å²) >= 11 is 9.62. The SMILES string of the molecule is CCCCCCC(NN)c1ccc(Br)cc1Cl. The van der Waals surface area contributed by atoms with Crippen molar-refractivity contribution in [3.63, 3.8) is 0 Å². The standard InChI is InChI=1S/C13H20BrClN2/c1-2-3-4-5-6-13(17-16)11-8-7-10(14)9-12(11)15/h7-9,13,17H,2-6,16H2,1H3. The minimum atomic E-state index is 0.146. The Morgan fingerprint density at radius 2 is 2.12 bits per heavy atom. The van der Waals surface area contributed by atoms with Crippen LogP contribution in [0.1, 0.15) is 50.6 Å². The maximum atomic E-state index is 6.22. The van der Waals surface area contributed by atoms with Gasteiger partial charge in [-0.05, 0) is 24.1 Å². The summed E-state index contributed by atoms with van der Waals surface area (Å²) in [4.78, 5) is 0. The first-order valence-electron chi connectivity index (χ1n) is 6.10. The van der Waals surface area contributed by atoms with Crippen LogP contribution >= 0.6 is 27.5 Å². The van der Waals surface area contributed by atoms with E-state index >= 15 is 0 Å². The molecule has 0 radical (unpaired) electrons. The Morgan fingerprint density at radius 1 is 1.35 bits per heavy atom. The zero-order chi connectivity index (χ0) is 12.7. The molecular weight excluding hydrogens is 300 g/mol. The van der Waals surface area contributed by atoms with Crippen LogP contribution < -0.4 is 11.3 Å². The maximum absolute atomic E-state index is 6.22. The van der Waals surface area contributed by atoms with E-state index in [-0.39, 0.29) is 6.04 Å². The van der Waals surface area contributed by atoms with Crippen LogP contribution in [0.4, 0.5) is 0 Å². The molecule has 0 saturated carbocycles. The molecule has 1 aromatic rings. The molecule has 3 N–H and O–H groups in total. The zero-order valence-electron chi connectivity index (χ0n) is 10.2. The van der Waals surface area contributed by atoms with Crippen molar-refractivity contribution in [2.45, 2.75) is 45.1 Å². The van der Waals surface area contributed by atoms with Gasteiger partial charge in [-0.2, -0.15) is 0 Å². The van der Waals surface area contributed by atoms with Crippen molar-refractivity contribution in [3.8, 4) is 0 Å². The summed E-state index contributed by atoms with van der Waals surface area (Å²) in [6, 6.07) is 6.08. The summed E-state index contributed by atoms with van der Waals surface area (Å²) in [6.07, 6.45) is 5.99. The Kier molecular flexibility index (Phi) is 7.12. The van der Waals surface area contributed by atoms with Gasteiger partial charge in [0.15, 0.2) is 0 Å². The number of rotatable bonds is 7. The van der Waals surface area contributed by atoms with Crippen LogP contribution in [-0.4, -0.2) is 0 Å². The van der Waals surface area contributed by atoms with E-state index in [1.807, 2.05) is 18.2 Å². The Morgan fingerprint density at radius 3 is 2.71 bits per heavy atom. The Hall–Kier alpha value is -0.0900. The van der Waals surface area contributed by atoms with E-state index in [2.05, 4.69) is 28.3 Å². The van der Waals surface area contributed by atoms with Crippen molar-refractivity contribution in [1.29, 1.82) is 0 Å². The number of hydrazine groups is 1. The predicted octanol–water partition coefficient (Wildman–Crippen LogP) is 4.58. The summed E-state index contributed by atoms with van der Waals surface area (Å²) in [5.41, 5.74) is 3.93. The fraction of sp³-hybridized carbons (Fsp3) is 0.538. The van der Waals surface area contributed by atoms with Crippen LogP contribution in [0.15, 0.2) is 22.7 Å². The minimum Gasteiger partial charge on any atom is -0.271 e. The number of benzene rings is 1. The van der Waals surface area contributed by atoms with Crippen molar-refractivity contribution in [3.05, 3.63) is 33.3 Å². The molecule has 0 fully saturated rings. The van der Waals surface area contributed by atoms with E-state index in [0.29, 0.717) is 0 Å². The first-order valence-corrected chi connectivity index (χ1v) is 7.27. The van der Waals surface area contributed by atoms with Crippen LogP contribution in [0.2, 0.25) is 5.02 Å². The average molecular weight is 320 g/mol. The molecule has 17 heavy (non-hydrogen) atoms. The first kappa shape index (κ1) is 15.0. The molecule has 0 aliphatic heterocycles. The quantitative estimate of drug-likeness (QED) is 0.438. The summed E-state index contributed by atoms with van der Waals surface area (Å²) in [7, 11) is 0. The molecule has 2 nitrogen and oxygen atoms in total. The number of hydrogen-bond acceptors (Lipinski definition) is 2. The van der Waals surface area contributed by atoms with Crippen LogP contribution in [0.5, 0.6) is 0 Å². The minimum absolute atomic E-state index is 0.146. The lowest BCUT2D eigenvalue weighted by atomic mass is 10.0. The molecule has 0 spiro atoms. The van der Waals surface area contributed by atoms with Crippen molar-refractivity contribution in [2.75, 3.05) is 0 Å². The average Bonchev–Trinajstić information content (AvgIpc) is 2.31. The molecular formula is C13H20BrClN2. The molecule has 1 unspecified atom stereocenters. The number of nitrogens with two attached hydrogens (primary N) is 1. The molecule has 1 atom stereocenters. The van der Waals surface area contributed by atoms with E-state index in [4.69, 9.17) is 17.4 Å². The summed E-state index contributed by atoms with van der Waals surface area (Å²) in [5.74, 6) is 5.61. The molecule has 0 aliphatic carbocycles. The van der Waals surface area contributed by atoms with Crippen LogP contribution in [0.3, 0.4) is 0 Å². The second-order valence-electron chi connectivity index (χ2n) is 4.23. The second kappa shape index (κ2) is 8.09. The third-order valence-corrected chi connectivity index (χ3v) is 3.71. The van der Waals surface area contributed by atoms with Crippen LogP contribution in [0.25, 0.3) is 0 Å². The van der Waals surface area contributed by atoms with E-state index in [9.17, 15) is 0 Å². The molecule has 96 valence electrons. The lowest BCUT2D eigenvalue weighted by Crippen LogP contribution is -2.28. The van der Waals surface area contributed by atoms with Gasteiger partial charge in [-0.3, -0.25) is 11.3 Å². The number of unbranched alkanes of at least 4 members (excludes halogenated alkanes) is 3. The Balaban J connectivity index is 2.59. The van der Waals surface area contributed by atoms with Gasteiger partial charge < -0.3 is 0 Å². The topological polar surface area (TPSA) is 38.0 Å². The maximum Gasteiger partial charge on any atom is 0.0474 e. The van der Waals surface area contributed by atoms with Gasteiger partial charge in [0.05, 0.1) is 0 Å². The highest BCUT2D eigenvalue weighted by atomic mass is 79.9. The Labute approximate surface area is 117 Å². The van der Waals surface area contributed by atoms with Gasteiger partial charge in [0.2, 0.25) is 0 Å². The lowest BCUT2D eigenvalue weighted by molar-refractivity contribution is 0.482. The normalized spacial score (nSPS) is 12.7. The van der Waals surface area contributed by atoms with Crippen LogP contribution in [0, 0.1) is 0 Å². The molecule has 1 rings (SSSR count). The van der Waals surface area contributed by atoms with Gasteiger partial charge in [0.1, 0.15) is 0 Å². The highest BCUT2D eigenvalue weighted by molar-refractivity contribution is 9.10. The van der Waals surface area contributed by atoms with Crippen molar-refractivity contribution in [2.24, 2.45) is 5.84 Å². The number of halogens is 2. The Bertz CT molecular complexity index is 344. The highest BCUT2D eigenvalue weighted by Gasteiger charge is 2.12. The molecule has 1 aromatic carbocycles. The number of hydrogen-bond donors (Lipinski definition) is 2. The molecule has 0 aromatic heterocycles. The third-order valence-electron chi connectivity index (χ3n) is 2.89. The molecule has 0 aliphatic rings. The van der Waals surface area contributed by atoms with E-state index in [1.165, 1.54) is 25.7 Å². The molecule has 0 bridgehead atoms. The first-order chi connectivity index (χ1) is 8.19. The highest BCUT2D eigenvalue weighted by Crippen LogP contribution is 2.29. The molecule has 0 heterocycles. The summed E-state index contributed by atoms with van der Waals surface area (Å²) in [6.45, 7) is 2.21. The van der Waals surface area contributed by atoms with E-state index < -0.39 is 0 Å². The smallest absolute Gasteiger partial charge is 0.0474 e. The van der Waals surface area contributed by atoms with Crippen molar-refractivity contribution < 1.29 is 0 Å². The van der Waals surface area contributed by atoms with E-state index in [0.717, 1.165) is 21.5 Å². The largest absolute Gasteiger partial charge is 0.271 e. The monoisotopic (exact) mass is 318 g/mol. The van der Waals surface area contributed by atoms with Crippen molar-refractivity contribution >= 4 is 27.5 Å². The van der Waals surface area contributed by atoms with Gasteiger partial charge in [-0.1, -0.05) is 66.2 Å². The second-order valence-corrected chi connectivity index (χ2v) is 5.56. The zero-order valence-corrected chi connectivity index (χ0v) is 12.5. The summed E-state index contributed by atoms with van der Waals surface area (Å²) < 4.78 is 0.994. The van der Waals surface area contributed by atoms with Crippen molar-refractivity contribution in [1.82, 2.24) is 5.43 Å². The lowest BCUT2D eigenvalue weighted by Gasteiger charge is -2.17. The molecule has 0 saturated heterocycles. The van der Waals surface area contributed by atoms with Gasteiger partial charge in [-0.25, -0.2) is 0 Å².